The number of aromatic nitrogens is 3. The van der Waals surface area contributed by atoms with E-state index in [0.717, 1.165) is 42.8 Å². The van der Waals surface area contributed by atoms with E-state index in [0.29, 0.717) is 38.3 Å². The SMILES string of the molecule is CCOC(=O)C1CCN(C(=O)C2CCN(c3ncnc4onc(C)c34)CC2)CC1. The van der Waals surface area contributed by atoms with Crippen LogP contribution in [0.15, 0.2) is 10.9 Å². The van der Waals surface area contributed by atoms with Gasteiger partial charge in [-0.2, -0.15) is 4.98 Å². The first-order valence-corrected chi connectivity index (χ1v) is 10.4. The van der Waals surface area contributed by atoms with Crippen LogP contribution in [0.1, 0.15) is 38.3 Å². The lowest BCUT2D eigenvalue weighted by Gasteiger charge is -2.37. The van der Waals surface area contributed by atoms with Gasteiger partial charge in [0.1, 0.15) is 17.5 Å². The zero-order chi connectivity index (χ0) is 20.4. The molecule has 156 valence electrons. The van der Waals surface area contributed by atoms with Crippen LogP contribution in [-0.4, -0.2) is 64.7 Å². The van der Waals surface area contributed by atoms with E-state index in [1.807, 2.05) is 18.7 Å². The van der Waals surface area contributed by atoms with Gasteiger partial charge in [0.25, 0.3) is 5.71 Å². The number of hydrogen-bond acceptors (Lipinski definition) is 8. The molecule has 4 heterocycles. The van der Waals surface area contributed by atoms with Gasteiger partial charge in [-0.3, -0.25) is 9.59 Å². The van der Waals surface area contributed by atoms with E-state index in [9.17, 15) is 9.59 Å². The quantitative estimate of drug-likeness (QED) is 0.717. The van der Waals surface area contributed by atoms with Crippen molar-refractivity contribution in [2.24, 2.45) is 11.8 Å². The zero-order valence-corrected chi connectivity index (χ0v) is 17.0. The fourth-order valence-corrected chi connectivity index (χ4v) is 4.34. The number of ether oxygens (including phenoxy) is 1. The maximum atomic E-state index is 13.0. The Morgan fingerprint density at radius 1 is 1.10 bits per heavy atom. The molecule has 2 aliphatic rings. The number of aryl methyl sites for hydroxylation is 1. The van der Waals surface area contributed by atoms with Gasteiger partial charge in [0, 0.05) is 32.1 Å². The summed E-state index contributed by atoms with van der Waals surface area (Å²) in [7, 11) is 0. The molecule has 2 saturated heterocycles. The molecule has 2 aromatic rings. The summed E-state index contributed by atoms with van der Waals surface area (Å²) >= 11 is 0. The topological polar surface area (TPSA) is 102 Å². The first-order valence-electron chi connectivity index (χ1n) is 10.4. The Morgan fingerprint density at radius 2 is 1.79 bits per heavy atom. The molecular weight excluding hydrogens is 374 g/mol. The third-order valence-corrected chi connectivity index (χ3v) is 5.99. The van der Waals surface area contributed by atoms with Crippen molar-refractivity contribution in [3.8, 4) is 0 Å². The molecule has 29 heavy (non-hydrogen) atoms. The van der Waals surface area contributed by atoms with Crippen molar-refractivity contribution in [3.05, 3.63) is 12.0 Å². The fraction of sp³-hybridized carbons (Fsp3) is 0.650. The second-order valence-electron chi connectivity index (χ2n) is 7.76. The lowest BCUT2D eigenvalue weighted by atomic mass is 9.92. The fourth-order valence-electron chi connectivity index (χ4n) is 4.34. The van der Waals surface area contributed by atoms with Crippen LogP contribution in [0.2, 0.25) is 0 Å². The molecule has 4 rings (SSSR count). The maximum Gasteiger partial charge on any atom is 0.309 e. The minimum Gasteiger partial charge on any atom is -0.466 e. The van der Waals surface area contributed by atoms with Crippen LogP contribution in [0.4, 0.5) is 5.82 Å². The number of hydrogen-bond donors (Lipinski definition) is 0. The van der Waals surface area contributed by atoms with Crippen LogP contribution >= 0.6 is 0 Å². The molecule has 0 aromatic carbocycles. The van der Waals surface area contributed by atoms with Gasteiger partial charge in [-0.1, -0.05) is 5.16 Å². The summed E-state index contributed by atoms with van der Waals surface area (Å²) in [5, 5.41) is 4.83. The zero-order valence-electron chi connectivity index (χ0n) is 17.0. The van der Waals surface area contributed by atoms with Crippen molar-refractivity contribution in [3.63, 3.8) is 0 Å². The largest absolute Gasteiger partial charge is 0.466 e. The average Bonchev–Trinajstić information content (AvgIpc) is 3.15. The molecule has 0 N–H and O–H groups in total. The molecule has 0 saturated carbocycles. The maximum absolute atomic E-state index is 13.0. The number of amides is 1. The first kappa shape index (κ1) is 19.6. The van der Waals surface area contributed by atoms with Gasteiger partial charge in [0.05, 0.1) is 18.2 Å². The summed E-state index contributed by atoms with van der Waals surface area (Å²) < 4.78 is 10.3. The smallest absolute Gasteiger partial charge is 0.309 e. The highest BCUT2D eigenvalue weighted by Crippen LogP contribution is 2.30. The van der Waals surface area contributed by atoms with Crippen molar-refractivity contribution < 1.29 is 18.8 Å². The van der Waals surface area contributed by atoms with E-state index in [2.05, 4.69) is 20.0 Å². The number of likely N-dealkylation sites (tertiary alicyclic amines) is 1. The normalized spacial score (nSPS) is 19.0. The monoisotopic (exact) mass is 401 g/mol. The van der Waals surface area contributed by atoms with Gasteiger partial charge >= 0.3 is 5.97 Å². The lowest BCUT2D eigenvalue weighted by molar-refractivity contribution is -0.151. The van der Waals surface area contributed by atoms with Gasteiger partial charge < -0.3 is 19.1 Å². The van der Waals surface area contributed by atoms with E-state index in [1.54, 1.807) is 0 Å². The Bertz CT molecular complexity index is 882. The van der Waals surface area contributed by atoms with Crippen molar-refractivity contribution in [1.29, 1.82) is 0 Å². The molecule has 0 unspecified atom stereocenters. The summed E-state index contributed by atoms with van der Waals surface area (Å²) in [5.41, 5.74) is 1.27. The van der Waals surface area contributed by atoms with Crippen molar-refractivity contribution >= 4 is 28.8 Å². The van der Waals surface area contributed by atoms with Gasteiger partial charge in [0.2, 0.25) is 5.91 Å². The van der Waals surface area contributed by atoms with E-state index < -0.39 is 0 Å². The predicted octanol–water partition coefficient (Wildman–Crippen LogP) is 1.94. The number of anilines is 1. The standard InChI is InChI=1S/C20H27N5O4/c1-3-28-20(27)15-6-10-25(11-7-15)19(26)14-4-8-24(9-5-14)17-16-13(2)23-29-18(16)22-12-21-17/h12,14-15H,3-11H2,1-2H3. The number of rotatable bonds is 4. The number of carbonyl (C=O) groups excluding carboxylic acids is 2. The second-order valence-corrected chi connectivity index (χ2v) is 7.76. The highest BCUT2D eigenvalue weighted by Gasteiger charge is 2.33. The molecule has 0 radical (unpaired) electrons. The molecule has 0 spiro atoms. The van der Waals surface area contributed by atoms with Crippen LogP contribution in [0, 0.1) is 18.8 Å². The summed E-state index contributed by atoms with van der Waals surface area (Å²) in [6.45, 7) is 6.89. The summed E-state index contributed by atoms with van der Waals surface area (Å²) in [6, 6.07) is 0. The van der Waals surface area contributed by atoms with Crippen molar-refractivity contribution in [1.82, 2.24) is 20.0 Å². The number of fused-ring (bicyclic) bond motifs is 1. The Balaban J connectivity index is 1.33. The van der Waals surface area contributed by atoms with E-state index in [4.69, 9.17) is 9.26 Å². The molecule has 9 nitrogen and oxygen atoms in total. The van der Waals surface area contributed by atoms with E-state index in [1.165, 1.54) is 6.33 Å². The Morgan fingerprint density at radius 3 is 2.48 bits per heavy atom. The number of carbonyl (C=O) groups is 2. The third-order valence-electron chi connectivity index (χ3n) is 5.99. The summed E-state index contributed by atoms with van der Waals surface area (Å²) in [6.07, 6.45) is 4.44. The third kappa shape index (κ3) is 3.90. The minimum atomic E-state index is -0.131. The minimum absolute atomic E-state index is 0.0197. The molecular formula is C20H27N5O4. The summed E-state index contributed by atoms with van der Waals surface area (Å²) in [4.78, 5) is 37.5. The predicted molar refractivity (Wildman–Crippen MR) is 105 cm³/mol. The van der Waals surface area contributed by atoms with E-state index in [-0.39, 0.29) is 23.7 Å². The molecule has 2 fully saturated rings. The van der Waals surface area contributed by atoms with Gasteiger partial charge in [-0.25, -0.2) is 4.98 Å². The van der Waals surface area contributed by atoms with Crippen molar-refractivity contribution in [2.45, 2.75) is 39.5 Å². The highest BCUT2D eigenvalue weighted by atomic mass is 16.5. The lowest BCUT2D eigenvalue weighted by Crippen LogP contribution is -2.46. The molecule has 0 bridgehead atoms. The Hall–Kier alpha value is -2.71. The van der Waals surface area contributed by atoms with Crippen LogP contribution in [0.25, 0.3) is 11.1 Å². The molecule has 9 heteroatoms. The van der Waals surface area contributed by atoms with Crippen LogP contribution in [0.3, 0.4) is 0 Å². The average molecular weight is 401 g/mol. The first-order chi connectivity index (χ1) is 14.1. The van der Waals surface area contributed by atoms with Gasteiger partial charge in [-0.15, -0.1) is 0 Å². The summed E-state index contributed by atoms with van der Waals surface area (Å²) in [5.74, 6) is 0.850. The van der Waals surface area contributed by atoms with Crippen LogP contribution in [-0.2, 0) is 14.3 Å². The van der Waals surface area contributed by atoms with Crippen LogP contribution < -0.4 is 4.90 Å². The number of nitrogens with zero attached hydrogens (tertiary/aromatic N) is 5. The number of esters is 1. The highest BCUT2D eigenvalue weighted by molar-refractivity contribution is 5.88. The molecule has 2 aromatic heterocycles. The Kier molecular flexibility index (Phi) is 5.64. The van der Waals surface area contributed by atoms with Gasteiger partial charge in [-0.05, 0) is 39.5 Å². The van der Waals surface area contributed by atoms with Gasteiger partial charge in [0.15, 0.2) is 0 Å². The molecule has 0 atom stereocenters. The molecule has 2 aliphatic heterocycles. The Labute approximate surface area is 169 Å². The molecule has 1 amide bonds. The van der Waals surface area contributed by atoms with E-state index >= 15 is 0 Å². The van der Waals surface area contributed by atoms with Crippen LogP contribution in [0.5, 0.6) is 0 Å². The van der Waals surface area contributed by atoms with Crippen molar-refractivity contribution in [2.75, 3.05) is 37.7 Å². The number of piperidine rings is 2. The second kappa shape index (κ2) is 8.34. The molecule has 0 aliphatic carbocycles.